The molecule has 1 atom stereocenters. The van der Waals surface area contributed by atoms with Crippen molar-refractivity contribution in [2.45, 2.75) is 64.5 Å². The first-order valence-electron chi connectivity index (χ1n) is 7.79. The van der Waals surface area contributed by atoms with Gasteiger partial charge in [0.25, 0.3) is 0 Å². The van der Waals surface area contributed by atoms with Crippen LogP contribution in [0.15, 0.2) is 24.3 Å². The summed E-state index contributed by atoms with van der Waals surface area (Å²) >= 11 is 0. The van der Waals surface area contributed by atoms with Crippen LogP contribution in [-0.4, -0.2) is 12.6 Å². The second-order valence-electron chi connectivity index (χ2n) is 5.63. The zero-order valence-electron chi connectivity index (χ0n) is 12.3. The molecule has 19 heavy (non-hydrogen) atoms. The van der Waals surface area contributed by atoms with Crippen molar-refractivity contribution < 1.29 is 4.74 Å². The van der Waals surface area contributed by atoms with Crippen LogP contribution in [0.1, 0.15) is 64.0 Å². The van der Waals surface area contributed by atoms with Crippen LogP contribution in [0.5, 0.6) is 5.75 Å². The molecule has 2 nitrogen and oxygen atoms in total. The van der Waals surface area contributed by atoms with E-state index in [-0.39, 0.29) is 0 Å². The molecule has 106 valence electrons. The fraction of sp³-hybridized carbons (Fsp3) is 0.647. The summed E-state index contributed by atoms with van der Waals surface area (Å²) in [7, 11) is 0. The molecular formula is C17H27NO. The van der Waals surface area contributed by atoms with Gasteiger partial charge in [0, 0.05) is 6.04 Å². The third-order valence-corrected chi connectivity index (χ3v) is 3.94. The van der Waals surface area contributed by atoms with E-state index in [4.69, 9.17) is 4.74 Å². The number of nitrogens with one attached hydrogen (secondary N) is 1. The topological polar surface area (TPSA) is 21.3 Å². The van der Waals surface area contributed by atoms with Crippen LogP contribution in [0.2, 0.25) is 0 Å². The van der Waals surface area contributed by atoms with Crippen LogP contribution in [0.4, 0.5) is 0 Å². The zero-order valence-corrected chi connectivity index (χ0v) is 12.3. The molecule has 1 aliphatic carbocycles. The lowest BCUT2D eigenvalue weighted by molar-refractivity contribution is 0.209. The van der Waals surface area contributed by atoms with Crippen LogP contribution in [-0.2, 0) is 0 Å². The maximum Gasteiger partial charge on any atom is 0.120 e. The van der Waals surface area contributed by atoms with E-state index in [1.54, 1.807) is 0 Å². The number of benzene rings is 1. The van der Waals surface area contributed by atoms with Gasteiger partial charge in [-0.3, -0.25) is 0 Å². The molecule has 1 aromatic carbocycles. The van der Waals surface area contributed by atoms with Crippen molar-refractivity contribution in [2.75, 3.05) is 6.54 Å². The molecule has 2 rings (SSSR count). The first kappa shape index (κ1) is 14.4. The van der Waals surface area contributed by atoms with E-state index < -0.39 is 0 Å². The van der Waals surface area contributed by atoms with Gasteiger partial charge in [-0.15, -0.1) is 0 Å². The summed E-state index contributed by atoms with van der Waals surface area (Å²) in [5.41, 5.74) is 1.33. The highest BCUT2D eigenvalue weighted by molar-refractivity contribution is 5.30. The number of rotatable bonds is 7. The van der Waals surface area contributed by atoms with E-state index in [2.05, 4.69) is 43.4 Å². The van der Waals surface area contributed by atoms with Crippen molar-refractivity contribution in [1.82, 2.24) is 5.32 Å². The molecule has 1 aliphatic rings. The average molecular weight is 261 g/mol. The van der Waals surface area contributed by atoms with Gasteiger partial charge in [-0.25, -0.2) is 0 Å². The van der Waals surface area contributed by atoms with Crippen molar-refractivity contribution in [3.63, 3.8) is 0 Å². The van der Waals surface area contributed by atoms with Crippen molar-refractivity contribution in [1.29, 1.82) is 0 Å². The maximum absolute atomic E-state index is 6.06. The SMILES string of the molecule is CCCCN[C@H](C)c1cccc(OC2CCCC2)c1. The zero-order chi connectivity index (χ0) is 13.5. The first-order valence-corrected chi connectivity index (χ1v) is 7.79. The fourth-order valence-electron chi connectivity index (χ4n) is 2.67. The van der Waals surface area contributed by atoms with E-state index in [0.29, 0.717) is 12.1 Å². The predicted octanol–water partition coefficient (Wildman–Crippen LogP) is 4.46. The van der Waals surface area contributed by atoms with Gasteiger partial charge < -0.3 is 10.1 Å². The van der Waals surface area contributed by atoms with Crippen molar-refractivity contribution >= 4 is 0 Å². The van der Waals surface area contributed by atoms with Gasteiger partial charge in [-0.05, 0) is 63.3 Å². The highest BCUT2D eigenvalue weighted by atomic mass is 16.5. The Kier molecular flexibility index (Phi) is 5.71. The summed E-state index contributed by atoms with van der Waals surface area (Å²) in [4.78, 5) is 0. The number of unbranched alkanes of at least 4 members (excludes halogenated alkanes) is 1. The molecule has 0 heterocycles. The minimum absolute atomic E-state index is 0.402. The summed E-state index contributed by atoms with van der Waals surface area (Å²) in [5.74, 6) is 1.04. The van der Waals surface area contributed by atoms with Crippen LogP contribution in [0, 0.1) is 0 Å². The molecule has 0 aliphatic heterocycles. The van der Waals surface area contributed by atoms with Gasteiger partial charge in [-0.1, -0.05) is 25.5 Å². The quantitative estimate of drug-likeness (QED) is 0.732. The Labute approximate surface area is 117 Å². The molecular weight excluding hydrogens is 234 g/mol. The first-order chi connectivity index (χ1) is 9.29. The van der Waals surface area contributed by atoms with Crippen LogP contribution in [0.3, 0.4) is 0 Å². The Hall–Kier alpha value is -1.02. The van der Waals surface area contributed by atoms with E-state index in [0.717, 1.165) is 12.3 Å². The molecule has 1 saturated carbocycles. The van der Waals surface area contributed by atoms with Gasteiger partial charge in [0.05, 0.1) is 6.10 Å². The molecule has 1 fully saturated rings. The van der Waals surface area contributed by atoms with Gasteiger partial charge in [0.15, 0.2) is 0 Å². The predicted molar refractivity (Wildman–Crippen MR) is 80.7 cm³/mol. The monoisotopic (exact) mass is 261 g/mol. The summed E-state index contributed by atoms with van der Waals surface area (Å²) < 4.78 is 6.06. The van der Waals surface area contributed by atoms with Gasteiger partial charge in [0.2, 0.25) is 0 Å². The van der Waals surface area contributed by atoms with Crippen molar-refractivity contribution in [3.8, 4) is 5.75 Å². The molecule has 1 aromatic rings. The second kappa shape index (κ2) is 7.54. The Balaban J connectivity index is 1.89. The van der Waals surface area contributed by atoms with Crippen LogP contribution < -0.4 is 10.1 Å². The largest absolute Gasteiger partial charge is 0.490 e. The molecule has 0 unspecified atom stereocenters. The average Bonchev–Trinajstić information content (AvgIpc) is 2.92. The molecule has 0 bridgehead atoms. The standard InChI is InChI=1S/C17H27NO/c1-3-4-12-18-14(2)15-8-7-11-17(13-15)19-16-9-5-6-10-16/h7-8,11,13-14,16,18H,3-6,9-10,12H2,1-2H3/t14-/m1/s1. The van der Waals surface area contributed by atoms with Crippen LogP contribution in [0.25, 0.3) is 0 Å². The lowest BCUT2D eigenvalue weighted by atomic mass is 10.1. The summed E-state index contributed by atoms with van der Waals surface area (Å²) in [6, 6.07) is 8.98. The smallest absolute Gasteiger partial charge is 0.120 e. The van der Waals surface area contributed by atoms with E-state index in [1.165, 1.54) is 44.1 Å². The highest BCUT2D eigenvalue weighted by Crippen LogP contribution is 2.26. The summed E-state index contributed by atoms with van der Waals surface area (Å²) in [6.07, 6.45) is 7.99. The normalized spacial score (nSPS) is 17.6. The Bertz CT molecular complexity index is 371. The molecule has 0 aromatic heterocycles. The van der Waals surface area contributed by atoms with E-state index in [1.807, 2.05) is 0 Å². The molecule has 0 spiro atoms. The summed E-state index contributed by atoms with van der Waals surface area (Å²) in [5, 5.41) is 3.57. The number of hydrogen-bond donors (Lipinski definition) is 1. The number of ether oxygens (including phenoxy) is 1. The summed E-state index contributed by atoms with van der Waals surface area (Å²) in [6.45, 7) is 5.54. The lowest BCUT2D eigenvalue weighted by Gasteiger charge is -2.17. The molecule has 0 saturated heterocycles. The minimum Gasteiger partial charge on any atom is -0.490 e. The molecule has 0 amide bonds. The maximum atomic E-state index is 6.06. The minimum atomic E-state index is 0.402. The van der Waals surface area contributed by atoms with Gasteiger partial charge >= 0.3 is 0 Å². The third kappa shape index (κ3) is 4.54. The Morgan fingerprint density at radius 1 is 1.32 bits per heavy atom. The fourth-order valence-corrected chi connectivity index (χ4v) is 2.67. The molecule has 1 N–H and O–H groups in total. The van der Waals surface area contributed by atoms with Crippen molar-refractivity contribution in [3.05, 3.63) is 29.8 Å². The second-order valence-corrected chi connectivity index (χ2v) is 5.63. The molecule has 2 heteroatoms. The van der Waals surface area contributed by atoms with Gasteiger partial charge in [-0.2, -0.15) is 0 Å². The van der Waals surface area contributed by atoms with Crippen LogP contribution >= 0.6 is 0 Å². The molecule has 0 radical (unpaired) electrons. The highest BCUT2D eigenvalue weighted by Gasteiger charge is 2.16. The van der Waals surface area contributed by atoms with E-state index in [9.17, 15) is 0 Å². The van der Waals surface area contributed by atoms with Gasteiger partial charge in [0.1, 0.15) is 5.75 Å². The van der Waals surface area contributed by atoms with Crippen molar-refractivity contribution in [2.24, 2.45) is 0 Å². The Morgan fingerprint density at radius 3 is 2.84 bits per heavy atom. The Morgan fingerprint density at radius 2 is 2.11 bits per heavy atom. The lowest BCUT2D eigenvalue weighted by Crippen LogP contribution is -2.19. The number of hydrogen-bond acceptors (Lipinski definition) is 2. The van der Waals surface area contributed by atoms with E-state index >= 15 is 0 Å². The third-order valence-electron chi connectivity index (χ3n) is 3.94.